The smallest absolute Gasteiger partial charge is 0.245 e. The number of rotatable bonds is 23. The molecule has 9 atom stereocenters. The molecule has 0 bridgehead atoms. The molecular formula is C43H71N7O6S. The van der Waals surface area contributed by atoms with Crippen molar-refractivity contribution >= 4 is 35.0 Å². The number of nitrogens with one attached hydrogen (secondary N) is 2. The molecule has 0 saturated carbocycles. The number of benzene rings is 1. The molecule has 0 spiro atoms. The highest BCUT2D eigenvalue weighted by Crippen LogP contribution is 2.30. The summed E-state index contributed by atoms with van der Waals surface area (Å²) in [4.78, 5) is 66.3. The van der Waals surface area contributed by atoms with Gasteiger partial charge in [-0.05, 0) is 49.6 Å². The van der Waals surface area contributed by atoms with Gasteiger partial charge in [-0.3, -0.25) is 24.1 Å². The lowest BCUT2D eigenvalue weighted by Gasteiger charge is -2.41. The Kier molecular flexibility index (Phi) is 19.5. The van der Waals surface area contributed by atoms with Crippen molar-refractivity contribution in [2.45, 2.75) is 123 Å². The molecule has 3 unspecified atom stereocenters. The molecule has 1 saturated heterocycles. The maximum absolute atomic E-state index is 14.4. The van der Waals surface area contributed by atoms with Crippen LogP contribution in [0.25, 0.3) is 0 Å². The van der Waals surface area contributed by atoms with Crippen molar-refractivity contribution in [3.63, 3.8) is 0 Å². The highest BCUT2D eigenvalue weighted by molar-refractivity contribution is 7.09. The quantitative estimate of drug-likeness (QED) is 0.147. The molecule has 1 aliphatic heterocycles. The maximum Gasteiger partial charge on any atom is 0.245 e. The number of ether oxygens (including phenoxy) is 2. The van der Waals surface area contributed by atoms with Gasteiger partial charge in [0.25, 0.3) is 0 Å². The summed E-state index contributed by atoms with van der Waals surface area (Å²) in [5, 5.41) is 9.04. The van der Waals surface area contributed by atoms with Crippen molar-refractivity contribution < 1.29 is 28.7 Å². The zero-order chi connectivity index (χ0) is 42.4. The minimum absolute atomic E-state index is 0.00325. The molecule has 1 aromatic heterocycles. The molecule has 2 aromatic rings. The maximum atomic E-state index is 14.4. The predicted molar refractivity (Wildman–Crippen MR) is 226 cm³/mol. The van der Waals surface area contributed by atoms with Crippen molar-refractivity contribution in [1.82, 2.24) is 30.3 Å². The number of hydrogen-bond donors (Lipinski definition) is 3. The Balaban J connectivity index is 1.79. The second kappa shape index (κ2) is 23.2. The van der Waals surface area contributed by atoms with E-state index in [0.717, 1.165) is 23.4 Å². The van der Waals surface area contributed by atoms with E-state index in [1.54, 1.807) is 32.4 Å². The lowest BCUT2D eigenvalue weighted by atomic mass is 9.89. The van der Waals surface area contributed by atoms with Crippen LogP contribution in [0.1, 0.15) is 90.8 Å². The number of hydrogen-bond acceptors (Lipinski definition) is 10. The summed E-state index contributed by atoms with van der Waals surface area (Å²) < 4.78 is 12.1. The molecule has 320 valence electrons. The van der Waals surface area contributed by atoms with Gasteiger partial charge in [-0.2, -0.15) is 0 Å². The third-order valence-corrected chi connectivity index (χ3v) is 12.6. The second-order valence-electron chi connectivity index (χ2n) is 16.4. The molecule has 4 amide bonds. The Bertz CT molecular complexity index is 1530. The van der Waals surface area contributed by atoms with E-state index in [2.05, 4.69) is 29.5 Å². The molecule has 2 heterocycles. The van der Waals surface area contributed by atoms with Gasteiger partial charge in [-0.15, -0.1) is 11.3 Å². The van der Waals surface area contributed by atoms with Gasteiger partial charge in [-0.1, -0.05) is 85.2 Å². The molecule has 14 heteroatoms. The van der Waals surface area contributed by atoms with Crippen LogP contribution in [0.2, 0.25) is 0 Å². The molecule has 1 fully saturated rings. The first kappa shape index (κ1) is 47.9. The van der Waals surface area contributed by atoms with Crippen LogP contribution < -0.4 is 16.4 Å². The van der Waals surface area contributed by atoms with E-state index in [1.165, 1.54) is 11.3 Å². The van der Waals surface area contributed by atoms with Gasteiger partial charge in [0.15, 0.2) is 0 Å². The number of carbonyl (C=O) groups is 4. The fraction of sp³-hybridized carbons (Fsp3) is 0.698. The topological polar surface area (TPSA) is 159 Å². The van der Waals surface area contributed by atoms with E-state index in [4.69, 9.17) is 15.2 Å². The second-order valence-corrected chi connectivity index (χ2v) is 17.3. The first-order chi connectivity index (χ1) is 27.1. The summed E-state index contributed by atoms with van der Waals surface area (Å²) in [7, 11) is 6.79. The van der Waals surface area contributed by atoms with Crippen molar-refractivity contribution in [3.8, 4) is 0 Å². The Morgan fingerprint density at radius 2 is 1.67 bits per heavy atom. The largest absolute Gasteiger partial charge is 0.379 e. The number of amides is 4. The van der Waals surface area contributed by atoms with Crippen LogP contribution in [0.15, 0.2) is 41.9 Å². The average molecular weight is 814 g/mol. The monoisotopic (exact) mass is 814 g/mol. The van der Waals surface area contributed by atoms with Crippen molar-refractivity contribution in [1.29, 1.82) is 0 Å². The van der Waals surface area contributed by atoms with E-state index >= 15 is 0 Å². The van der Waals surface area contributed by atoms with Gasteiger partial charge >= 0.3 is 0 Å². The highest BCUT2D eigenvalue weighted by Gasteiger charge is 2.43. The molecule has 3 rings (SSSR count). The van der Waals surface area contributed by atoms with Crippen LogP contribution in [0, 0.1) is 23.7 Å². The Hall–Kier alpha value is -3.43. The number of nitrogens with zero attached hydrogens (tertiary/aromatic N) is 4. The summed E-state index contributed by atoms with van der Waals surface area (Å²) in [6.45, 7) is 15.3. The van der Waals surface area contributed by atoms with E-state index in [1.807, 2.05) is 87.2 Å². The molecule has 1 aliphatic rings. The molecule has 0 aliphatic carbocycles. The standard InChI is InChI=1S/C43H71N7O6S/c1-12-29(6)38(49(9)43(54)36(27(2)3)47-41(53)37(28(4)5)48(8)23-20-44)34(55-10)26-35(51)50-22-16-19-33(50)39(56-11)30(7)40(52)46-32(42-45-21-24-57-42)25-31-17-14-13-15-18-31/h13-15,17-18,21,24,27-30,32-34,36-39H,12,16,19-20,22-23,25-26,44H2,1-11H3,(H,46,52)(H,47,53)/t29-,30+,32-,33?,34+,36?,37?,38-,39+/m0/s1. The summed E-state index contributed by atoms with van der Waals surface area (Å²) in [6.07, 6.45) is 3.43. The number of likely N-dealkylation sites (N-methyl/N-ethyl adjacent to an activating group) is 2. The Labute approximate surface area is 345 Å². The molecule has 4 N–H and O–H groups in total. The zero-order valence-corrected chi connectivity index (χ0v) is 37.1. The van der Waals surface area contributed by atoms with Gasteiger partial charge in [0.2, 0.25) is 23.6 Å². The van der Waals surface area contributed by atoms with Crippen LogP contribution >= 0.6 is 11.3 Å². The summed E-state index contributed by atoms with van der Waals surface area (Å²) in [5.74, 6) is -1.50. The molecule has 13 nitrogen and oxygen atoms in total. The van der Waals surface area contributed by atoms with E-state index in [9.17, 15) is 19.2 Å². The molecule has 1 aromatic carbocycles. The first-order valence-corrected chi connectivity index (χ1v) is 21.5. The number of aromatic nitrogens is 1. The SMILES string of the molecule is CC[C@H](C)[C@@H]([C@@H](CC(=O)N1CCCC1[C@H](OC)[C@@H](C)C(=O)N[C@@H](Cc1ccccc1)c1nccs1)OC)N(C)C(=O)C(NC(=O)C(C(C)C)N(C)CCN)C(C)C. The summed E-state index contributed by atoms with van der Waals surface area (Å²) in [6, 6.07) is 7.70. The van der Waals surface area contributed by atoms with Gasteiger partial charge in [0, 0.05) is 52.5 Å². The normalized spacial score (nSPS) is 18.8. The first-order valence-electron chi connectivity index (χ1n) is 20.7. The molecule has 0 radical (unpaired) electrons. The highest BCUT2D eigenvalue weighted by atomic mass is 32.1. The number of carbonyl (C=O) groups excluding carboxylic acids is 4. The van der Waals surface area contributed by atoms with Gasteiger partial charge in [-0.25, -0.2) is 4.98 Å². The van der Waals surface area contributed by atoms with Gasteiger partial charge in [0.05, 0.1) is 48.7 Å². The summed E-state index contributed by atoms with van der Waals surface area (Å²) >= 11 is 1.50. The fourth-order valence-corrected chi connectivity index (χ4v) is 9.08. The molecule has 57 heavy (non-hydrogen) atoms. The van der Waals surface area contributed by atoms with E-state index in [-0.39, 0.29) is 59.9 Å². The number of likely N-dealkylation sites (tertiary alicyclic amines) is 1. The zero-order valence-electron chi connectivity index (χ0n) is 36.3. The van der Waals surface area contributed by atoms with Crippen LogP contribution in [0.4, 0.5) is 0 Å². The fourth-order valence-electron chi connectivity index (χ4n) is 8.39. The lowest BCUT2D eigenvalue weighted by Crippen LogP contribution is -2.60. The van der Waals surface area contributed by atoms with Crippen molar-refractivity contribution in [2.24, 2.45) is 29.4 Å². The van der Waals surface area contributed by atoms with Gasteiger partial charge in [0.1, 0.15) is 11.0 Å². The number of nitrogens with two attached hydrogens (primary N) is 1. The molecular weight excluding hydrogens is 743 g/mol. The number of methoxy groups -OCH3 is 2. The lowest BCUT2D eigenvalue weighted by molar-refractivity contribution is -0.148. The average Bonchev–Trinajstić information content (AvgIpc) is 3.90. The Morgan fingerprint density at radius 3 is 2.21 bits per heavy atom. The van der Waals surface area contributed by atoms with Gasteiger partial charge < -0.3 is 35.6 Å². The van der Waals surface area contributed by atoms with Crippen LogP contribution in [0.5, 0.6) is 0 Å². The third-order valence-electron chi connectivity index (χ3n) is 11.7. The van der Waals surface area contributed by atoms with Crippen LogP contribution in [0.3, 0.4) is 0 Å². The minimum Gasteiger partial charge on any atom is -0.379 e. The van der Waals surface area contributed by atoms with Crippen LogP contribution in [-0.4, -0.2) is 128 Å². The van der Waals surface area contributed by atoms with E-state index in [0.29, 0.717) is 32.5 Å². The van der Waals surface area contributed by atoms with Crippen molar-refractivity contribution in [2.75, 3.05) is 47.9 Å². The minimum atomic E-state index is -0.782. The summed E-state index contributed by atoms with van der Waals surface area (Å²) in [5.41, 5.74) is 6.90. The Morgan fingerprint density at radius 1 is 0.982 bits per heavy atom. The van der Waals surface area contributed by atoms with Crippen LogP contribution in [-0.2, 0) is 35.1 Å². The predicted octanol–water partition coefficient (Wildman–Crippen LogP) is 4.52. The third kappa shape index (κ3) is 12.8. The van der Waals surface area contributed by atoms with Crippen molar-refractivity contribution in [3.05, 3.63) is 52.5 Å². The van der Waals surface area contributed by atoms with E-state index < -0.39 is 36.3 Å². The number of thiazole rings is 1.